The molecule has 4 rings (SSSR count). The number of ether oxygens (including phenoxy) is 2. The van der Waals surface area contributed by atoms with Crippen molar-refractivity contribution in [3.63, 3.8) is 0 Å². The van der Waals surface area contributed by atoms with Crippen molar-refractivity contribution in [2.45, 2.75) is 13.2 Å². The van der Waals surface area contributed by atoms with Crippen molar-refractivity contribution < 1.29 is 14.0 Å². The number of hydrogen-bond donors (Lipinski definition) is 0. The van der Waals surface area contributed by atoms with Crippen molar-refractivity contribution in [2.24, 2.45) is 0 Å². The lowest BCUT2D eigenvalue weighted by Gasteiger charge is -2.15. The fourth-order valence-corrected chi connectivity index (χ4v) is 2.82. The van der Waals surface area contributed by atoms with E-state index in [2.05, 4.69) is 5.16 Å². The summed E-state index contributed by atoms with van der Waals surface area (Å²) >= 11 is 0. The molecule has 0 saturated heterocycles. The summed E-state index contributed by atoms with van der Waals surface area (Å²) in [5, 5.41) is 4.08. The van der Waals surface area contributed by atoms with Gasteiger partial charge in [0.2, 0.25) is 0 Å². The molecular formula is C23H19NO3. The third kappa shape index (κ3) is 4.18. The average Bonchev–Trinajstić information content (AvgIpc) is 3.26. The number of aromatic nitrogens is 1. The molecule has 0 amide bonds. The molecule has 0 unspecified atom stereocenters. The lowest BCUT2D eigenvalue weighted by Crippen LogP contribution is -2.01. The molecule has 0 aliphatic rings. The van der Waals surface area contributed by atoms with Crippen LogP contribution >= 0.6 is 0 Å². The minimum absolute atomic E-state index is 0.466. The van der Waals surface area contributed by atoms with Gasteiger partial charge in [0.25, 0.3) is 0 Å². The van der Waals surface area contributed by atoms with E-state index in [0.717, 1.165) is 16.7 Å². The molecular weight excluding hydrogens is 338 g/mol. The van der Waals surface area contributed by atoms with Gasteiger partial charge in [0.05, 0.1) is 5.56 Å². The second kappa shape index (κ2) is 8.23. The van der Waals surface area contributed by atoms with E-state index < -0.39 is 0 Å². The summed E-state index contributed by atoms with van der Waals surface area (Å²) in [5.41, 5.74) is 3.67. The smallest absolute Gasteiger partial charge is 0.133 e. The van der Waals surface area contributed by atoms with E-state index in [1.165, 1.54) is 0 Å². The van der Waals surface area contributed by atoms with Gasteiger partial charge in [-0.05, 0) is 23.3 Å². The van der Waals surface area contributed by atoms with E-state index in [1.807, 2.05) is 78.9 Å². The minimum Gasteiger partial charge on any atom is -0.488 e. The van der Waals surface area contributed by atoms with E-state index in [-0.39, 0.29) is 0 Å². The molecule has 0 fully saturated rings. The Labute approximate surface area is 158 Å². The highest BCUT2D eigenvalue weighted by Gasteiger charge is 2.16. The second-order valence-electron chi connectivity index (χ2n) is 6.06. The van der Waals surface area contributed by atoms with Crippen LogP contribution in [0, 0.1) is 0 Å². The Morgan fingerprint density at radius 2 is 1.19 bits per heavy atom. The standard InChI is InChI=1S/C23H19NO3/c1-3-8-18(9-4-1)16-25-21-12-7-13-22(23(21)20-14-15-27-24-20)26-17-19-10-5-2-6-11-19/h1-15H,16-17H2. The van der Waals surface area contributed by atoms with Crippen molar-refractivity contribution >= 4 is 0 Å². The molecule has 4 heteroatoms. The van der Waals surface area contributed by atoms with Crippen LogP contribution in [0.2, 0.25) is 0 Å². The van der Waals surface area contributed by atoms with Gasteiger partial charge in [-0.25, -0.2) is 0 Å². The van der Waals surface area contributed by atoms with Crippen LogP contribution in [0.1, 0.15) is 11.1 Å². The zero-order chi connectivity index (χ0) is 18.3. The molecule has 1 aromatic heterocycles. The highest BCUT2D eigenvalue weighted by atomic mass is 16.5. The van der Waals surface area contributed by atoms with Crippen molar-refractivity contribution in [2.75, 3.05) is 0 Å². The lowest BCUT2D eigenvalue weighted by atomic mass is 10.1. The summed E-state index contributed by atoms with van der Waals surface area (Å²) in [6.45, 7) is 0.932. The van der Waals surface area contributed by atoms with E-state index in [0.29, 0.717) is 30.4 Å². The summed E-state index contributed by atoms with van der Waals surface area (Å²) in [5.74, 6) is 1.41. The van der Waals surface area contributed by atoms with Crippen LogP contribution in [0.5, 0.6) is 11.5 Å². The van der Waals surface area contributed by atoms with Crippen molar-refractivity contribution in [3.8, 4) is 22.8 Å². The first-order chi connectivity index (χ1) is 13.4. The average molecular weight is 357 g/mol. The number of nitrogens with zero attached hydrogens (tertiary/aromatic N) is 1. The van der Waals surface area contributed by atoms with Crippen LogP contribution in [0.15, 0.2) is 95.7 Å². The molecule has 4 aromatic rings. The molecule has 4 nitrogen and oxygen atoms in total. The van der Waals surface area contributed by atoms with Gasteiger partial charge in [0.1, 0.15) is 36.7 Å². The van der Waals surface area contributed by atoms with E-state index in [1.54, 1.807) is 12.3 Å². The van der Waals surface area contributed by atoms with Gasteiger partial charge >= 0.3 is 0 Å². The zero-order valence-electron chi connectivity index (χ0n) is 14.7. The molecule has 0 aliphatic carbocycles. The van der Waals surface area contributed by atoms with Crippen LogP contribution in [0.3, 0.4) is 0 Å². The van der Waals surface area contributed by atoms with Crippen molar-refractivity contribution in [3.05, 3.63) is 102 Å². The summed E-state index contributed by atoms with van der Waals surface area (Å²) in [7, 11) is 0. The van der Waals surface area contributed by atoms with Gasteiger partial charge in [-0.15, -0.1) is 0 Å². The highest BCUT2D eigenvalue weighted by molar-refractivity contribution is 5.73. The first kappa shape index (κ1) is 16.9. The van der Waals surface area contributed by atoms with E-state index in [4.69, 9.17) is 14.0 Å². The Balaban J connectivity index is 1.60. The molecule has 0 N–H and O–H groups in total. The third-order valence-electron chi connectivity index (χ3n) is 4.16. The van der Waals surface area contributed by atoms with Gasteiger partial charge in [0.15, 0.2) is 0 Å². The van der Waals surface area contributed by atoms with E-state index in [9.17, 15) is 0 Å². The van der Waals surface area contributed by atoms with Crippen molar-refractivity contribution in [1.82, 2.24) is 5.16 Å². The van der Waals surface area contributed by atoms with Crippen molar-refractivity contribution in [1.29, 1.82) is 0 Å². The van der Waals surface area contributed by atoms with Crippen LogP contribution in [-0.2, 0) is 13.2 Å². The Morgan fingerprint density at radius 1 is 0.630 bits per heavy atom. The van der Waals surface area contributed by atoms with Crippen LogP contribution in [0.4, 0.5) is 0 Å². The predicted molar refractivity (Wildman–Crippen MR) is 103 cm³/mol. The maximum atomic E-state index is 6.08. The Kier molecular flexibility index (Phi) is 5.16. The second-order valence-corrected chi connectivity index (χ2v) is 6.06. The molecule has 0 bridgehead atoms. The van der Waals surface area contributed by atoms with Crippen LogP contribution in [-0.4, -0.2) is 5.16 Å². The van der Waals surface area contributed by atoms with Crippen LogP contribution in [0.25, 0.3) is 11.3 Å². The normalized spacial score (nSPS) is 10.5. The molecule has 0 radical (unpaired) electrons. The molecule has 0 atom stereocenters. The first-order valence-electron chi connectivity index (χ1n) is 8.77. The predicted octanol–water partition coefficient (Wildman–Crippen LogP) is 5.50. The fourth-order valence-electron chi connectivity index (χ4n) is 2.82. The Morgan fingerprint density at radius 3 is 1.67 bits per heavy atom. The SMILES string of the molecule is c1ccc(COc2cccc(OCc3ccccc3)c2-c2ccon2)cc1. The third-order valence-corrected chi connectivity index (χ3v) is 4.16. The summed E-state index contributed by atoms with van der Waals surface area (Å²) in [6.07, 6.45) is 1.55. The summed E-state index contributed by atoms with van der Waals surface area (Å²) < 4.78 is 17.2. The lowest BCUT2D eigenvalue weighted by molar-refractivity contribution is 0.292. The number of benzene rings is 3. The first-order valence-corrected chi connectivity index (χ1v) is 8.77. The van der Waals surface area contributed by atoms with Gasteiger partial charge in [-0.3, -0.25) is 0 Å². The van der Waals surface area contributed by atoms with Gasteiger partial charge < -0.3 is 14.0 Å². The molecule has 0 spiro atoms. The minimum atomic E-state index is 0.466. The fraction of sp³-hybridized carbons (Fsp3) is 0.0870. The Bertz CT molecular complexity index is 905. The van der Waals surface area contributed by atoms with Gasteiger partial charge in [-0.2, -0.15) is 0 Å². The maximum Gasteiger partial charge on any atom is 0.133 e. The molecule has 27 heavy (non-hydrogen) atoms. The van der Waals surface area contributed by atoms with E-state index >= 15 is 0 Å². The monoisotopic (exact) mass is 357 g/mol. The molecule has 0 saturated carbocycles. The quantitative estimate of drug-likeness (QED) is 0.438. The largest absolute Gasteiger partial charge is 0.488 e. The Hall–Kier alpha value is -3.53. The molecule has 0 aliphatic heterocycles. The number of hydrogen-bond acceptors (Lipinski definition) is 4. The zero-order valence-corrected chi connectivity index (χ0v) is 14.7. The molecule has 1 heterocycles. The van der Waals surface area contributed by atoms with Gasteiger partial charge in [-0.1, -0.05) is 71.9 Å². The highest BCUT2D eigenvalue weighted by Crippen LogP contribution is 2.38. The van der Waals surface area contributed by atoms with Crippen LogP contribution < -0.4 is 9.47 Å². The molecule has 3 aromatic carbocycles. The summed E-state index contributed by atoms with van der Waals surface area (Å²) in [6, 6.07) is 27.7. The number of rotatable bonds is 7. The summed E-state index contributed by atoms with van der Waals surface area (Å²) in [4.78, 5) is 0. The topological polar surface area (TPSA) is 44.5 Å². The molecule has 134 valence electrons. The maximum absolute atomic E-state index is 6.08. The van der Waals surface area contributed by atoms with Gasteiger partial charge in [0, 0.05) is 6.07 Å².